The Morgan fingerprint density at radius 3 is 2.63 bits per heavy atom. The number of pyridine rings is 2. The minimum atomic E-state index is -0.389. The quantitative estimate of drug-likeness (QED) is 0.318. The molecule has 10 heteroatoms. The highest BCUT2D eigenvalue weighted by Crippen LogP contribution is 2.52. The fraction of sp³-hybridized carbons (Fsp3) is 0.387. The van der Waals surface area contributed by atoms with Crippen LogP contribution in [0.4, 0.5) is 10.1 Å². The minimum Gasteiger partial charge on any atom is -0.481 e. The van der Waals surface area contributed by atoms with Gasteiger partial charge in [-0.1, -0.05) is 6.07 Å². The summed E-state index contributed by atoms with van der Waals surface area (Å²) in [5, 5.41) is 0.353. The molecule has 1 saturated carbocycles. The average Bonchev–Trinajstić information content (AvgIpc) is 3.33. The van der Waals surface area contributed by atoms with Gasteiger partial charge >= 0.3 is 0 Å². The number of benzene rings is 1. The van der Waals surface area contributed by atoms with Gasteiger partial charge in [0, 0.05) is 87.5 Å². The molecule has 1 aliphatic carbocycles. The van der Waals surface area contributed by atoms with Crippen molar-refractivity contribution in [3.8, 4) is 17.4 Å². The Morgan fingerprint density at radius 1 is 1.07 bits per heavy atom. The van der Waals surface area contributed by atoms with Crippen molar-refractivity contribution in [3.05, 3.63) is 71.9 Å². The van der Waals surface area contributed by atoms with Crippen molar-refractivity contribution in [2.45, 2.75) is 25.4 Å². The third-order valence-electron chi connectivity index (χ3n) is 8.90. The summed E-state index contributed by atoms with van der Waals surface area (Å²) < 4.78 is 25.2. The zero-order valence-corrected chi connectivity index (χ0v) is 23.1. The van der Waals surface area contributed by atoms with E-state index in [0.717, 1.165) is 57.8 Å². The molecule has 0 radical (unpaired) electrons. The van der Waals surface area contributed by atoms with Crippen LogP contribution in [0, 0.1) is 11.2 Å². The fourth-order valence-corrected chi connectivity index (χ4v) is 6.61. The normalized spacial score (nSPS) is 19.2. The summed E-state index contributed by atoms with van der Waals surface area (Å²) in [6.07, 6.45) is 7.95. The topological polar surface area (TPSA) is 86.8 Å². The van der Waals surface area contributed by atoms with Gasteiger partial charge in [-0.25, -0.2) is 14.4 Å². The van der Waals surface area contributed by atoms with Crippen LogP contribution in [-0.2, 0) is 6.54 Å². The second kappa shape index (κ2) is 10.4. The third-order valence-corrected chi connectivity index (χ3v) is 8.90. The second-order valence-electron chi connectivity index (χ2n) is 11.6. The van der Waals surface area contributed by atoms with Gasteiger partial charge in [-0.15, -0.1) is 0 Å². The van der Waals surface area contributed by atoms with Gasteiger partial charge in [0.15, 0.2) is 6.29 Å². The summed E-state index contributed by atoms with van der Waals surface area (Å²) in [7, 11) is 1.64. The van der Waals surface area contributed by atoms with Gasteiger partial charge in [-0.2, -0.15) is 0 Å². The highest BCUT2D eigenvalue weighted by Gasteiger charge is 2.54. The molecule has 4 aromatic rings. The van der Waals surface area contributed by atoms with E-state index in [1.54, 1.807) is 19.2 Å². The summed E-state index contributed by atoms with van der Waals surface area (Å²) in [4.78, 5) is 30.6. The summed E-state index contributed by atoms with van der Waals surface area (Å²) >= 11 is 0. The number of hydrogen-bond acceptors (Lipinski definition) is 8. The van der Waals surface area contributed by atoms with Crippen molar-refractivity contribution in [2.24, 2.45) is 5.41 Å². The van der Waals surface area contributed by atoms with E-state index in [-0.39, 0.29) is 5.82 Å². The molecule has 0 bridgehead atoms. The Morgan fingerprint density at radius 2 is 1.90 bits per heavy atom. The largest absolute Gasteiger partial charge is 0.481 e. The highest BCUT2D eigenvalue weighted by molar-refractivity contribution is 5.82. The van der Waals surface area contributed by atoms with E-state index in [1.807, 2.05) is 24.4 Å². The SMILES string of the molecule is COc1ccc(CN2CCN(C3CC4(C3)CN(c3ccc(C=O)c(Oc5cnc6[nH]cc(F)c6c5)c3)C4)CC2)cn1. The molecule has 0 unspecified atom stereocenters. The maximum absolute atomic E-state index is 14.0. The van der Waals surface area contributed by atoms with Gasteiger partial charge in [-0.3, -0.25) is 14.6 Å². The Hall–Kier alpha value is -4.02. The first kappa shape index (κ1) is 25.9. The Bertz CT molecular complexity index is 1550. The number of H-pyrrole nitrogens is 1. The van der Waals surface area contributed by atoms with Gasteiger partial charge in [-0.05, 0) is 36.6 Å². The van der Waals surface area contributed by atoms with Crippen LogP contribution in [0.3, 0.4) is 0 Å². The van der Waals surface area contributed by atoms with E-state index < -0.39 is 0 Å². The first-order chi connectivity index (χ1) is 20.0. The molecule has 0 atom stereocenters. The van der Waals surface area contributed by atoms with Crippen molar-refractivity contribution in [2.75, 3.05) is 51.3 Å². The summed E-state index contributed by atoms with van der Waals surface area (Å²) in [6, 6.07) is 11.9. The molecular weight excluding hydrogens is 523 g/mol. The first-order valence-corrected chi connectivity index (χ1v) is 14.1. The van der Waals surface area contributed by atoms with Gasteiger partial charge < -0.3 is 19.4 Å². The first-order valence-electron chi connectivity index (χ1n) is 14.1. The standard InChI is InChI=1S/C31H33FN6O3/c1-40-29-5-2-21(14-33-29)17-36-6-8-37(9-7-36)24-12-31(13-24)19-38(20-31)23-4-3-22(18-39)28(10-23)41-25-11-26-27(32)16-35-30(26)34-15-25/h2-5,10-11,14-16,18,24H,6-9,12-13,17,19-20H2,1H3,(H,34,35). The molecule has 7 rings (SSSR count). The van der Waals surface area contributed by atoms with Gasteiger partial charge in [0.1, 0.15) is 23.0 Å². The number of aromatic amines is 1. The third kappa shape index (κ3) is 5.02. The summed E-state index contributed by atoms with van der Waals surface area (Å²) in [6.45, 7) is 7.31. The van der Waals surface area contributed by atoms with Crippen LogP contribution < -0.4 is 14.4 Å². The monoisotopic (exact) mass is 556 g/mol. The van der Waals surface area contributed by atoms with Crippen LogP contribution in [0.1, 0.15) is 28.8 Å². The van der Waals surface area contributed by atoms with E-state index >= 15 is 0 Å². The van der Waals surface area contributed by atoms with Crippen molar-refractivity contribution in [3.63, 3.8) is 0 Å². The Kier molecular flexibility index (Phi) is 6.59. The molecule has 2 aliphatic heterocycles. The lowest BCUT2D eigenvalue weighted by Crippen LogP contribution is -2.68. The van der Waals surface area contributed by atoms with Crippen LogP contribution in [0.5, 0.6) is 17.4 Å². The molecule has 3 aliphatic rings. The molecule has 3 aromatic heterocycles. The maximum Gasteiger partial charge on any atom is 0.212 e. The highest BCUT2D eigenvalue weighted by atomic mass is 19.1. The number of anilines is 1. The van der Waals surface area contributed by atoms with Crippen LogP contribution in [0.25, 0.3) is 11.0 Å². The number of aromatic nitrogens is 3. The molecule has 9 nitrogen and oxygen atoms in total. The number of ether oxygens (including phenoxy) is 2. The minimum absolute atomic E-state index is 0.353. The van der Waals surface area contributed by atoms with Crippen LogP contribution in [0.15, 0.2) is 55.0 Å². The van der Waals surface area contributed by atoms with E-state index in [9.17, 15) is 9.18 Å². The maximum atomic E-state index is 14.0. The van der Waals surface area contributed by atoms with Gasteiger partial charge in [0.2, 0.25) is 5.88 Å². The molecule has 3 fully saturated rings. The number of aldehydes is 1. The molecular formula is C31H33FN6O3. The number of halogens is 1. The molecule has 1 N–H and O–H groups in total. The van der Waals surface area contributed by atoms with Crippen molar-refractivity contribution < 1.29 is 18.7 Å². The number of nitrogens with zero attached hydrogens (tertiary/aromatic N) is 5. The lowest BCUT2D eigenvalue weighted by atomic mass is 9.60. The average molecular weight is 557 g/mol. The molecule has 0 amide bonds. The number of rotatable bonds is 8. The predicted octanol–water partition coefficient (Wildman–Crippen LogP) is 4.50. The van der Waals surface area contributed by atoms with Gasteiger partial charge in [0.25, 0.3) is 0 Å². The van der Waals surface area contributed by atoms with Gasteiger partial charge in [0.05, 0.1) is 24.3 Å². The zero-order valence-electron chi connectivity index (χ0n) is 23.1. The Labute approximate surface area is 237 Å². The summed E-state index contributed by atoms with van der Waals surface area (Å²) in [5.74, 6) is 1.10. The fourth-order valence-electron chi connectivity index (χ4n) is 6.61. The molecule has 5 heterocycles. The number of carbonyl (C=O) groups excluding carboxylic acids is 1. The number of methoxy groups -OCH3 is 1. The van der Waals surface area contributed by atoms with Crippen LogP contribution in [0.2, 0.25) is 0 Å². The van der Waals surface area contributed by atoms with E-state index in [0.29, 0.717) is 45.4 Å². The lowest BCUT2D eigenvalue weighted by molar-refractivity contribution is -0.0380. The molecule has 1 spiro atoms. The van der Waals surface area contributed by atoms with Crippen molar-refractivity contribution >= 4 is 23.0 Å². The predicted molar refractivity (Wildman–Crippen MR) is 153 cm³/mol. The second-order valence-corrected chi connectivity index (χ2v) is 11.6. The van der Waals surface area contributed by atoms with Crippen LogP contribution in [-0.4, -0.2) is 83.5 Å². The van der Waals surface area contributed by atoms with E-state index in [1.165, 1.54) is 30.8 Å². The Balaban J connectivity index is 0.920. The molecule has 2 saturated heterocycles. The van der Waals surface area contributed by atoms with Crippen molar-refractivity contribution in [1.29, 1.82) is 0 Å². The number of fused-ring (bicyclic) bond motifs is 1. The number of nitrogens with one attached hydrogen (secondary N) is 1. The molecule has 1 aromatic carbocycles. The zero-order chi connectivity index (χ0) is 28.0. The van der Waals surface area contributed by atoms with E-state index in [4.69, 9.17) is 9.47 Å². The molecule has 212 valence electrons. The molecule has 41 heavy (non-hydrogen) atoms. The number of carbonyl (C=O) groups is 1. The van der Waals surface area contributed by atoms with E-state index in [2.05, 4.69) is 35.7 Å². The number of piperazine rings is 1. The number of hydrogen-bond donors (Lipinski definition) is 1. The van der Waals surface area contributed by atoms with Crippen molar-refractivity contribution in [1.82, 2.24) is 24.8 Å². The lowest BCUT2D eigenvalue weighted by Gasteiger charge is -2.62. The summed E-state index contributed by atoms with van der Waals surface area (Å²) in [5.41, 5.74) is 3.53. The van der Waals surface area contributed by atoms with Crippen LogP contribution >= 0.6 is 0 Å². The smallest absolute Gasteiger partial charge is 0.212 e.